The van der Waals surface area contributed by atoms with Crippen LogP contribution in [-0.2, 0) is 9.59 Å². The predicted molar refractivity (Wildman–Crippen MR) is 130 cm³/mol. The van der Waals surface area contributed by atoms with Gasteiger partial charge in [-0.2, -0.15) is 0 Å². The second kappa shape index (κ2) is 9.58. The molecule has 178 valence electrons. The van der Waals surface area contributed by atoms with E-state index < -0.39 is 11.6 Å². The smallest absolute Gasteiger partial charge is 0.322 e. The zero-order chi connectivity index (χ0) is 23.5. The molecule has 2 aromatic carbocycles. The number of carbonyl (C=O) groups is 3. The van der Waals surface area contributed by atoms with Crippen molar-refractivity contribution < 1.29 is 14.4 Å². The van der Waals surface area contributed by atoms with Crippen LogP contribution in [0, 0.1) is 5.92 Å². The van der Waals surface area contributed by atoms with Gasteiger partial charge >= 0.3 is 6.03 Å². The summed E-state index contributed by atoms with van der Waals surface area (Å²) in [5.74, 6) is -0.0218. The Labute approximate surface area is 200 Å². The molecule has 7 heteroatoms. The predicted octanol–water partition coefficient (Wildman–Crippen LogP) is 3.03. The van der Waals surface area contributed by atoms with Gasteiger partial charge in [-0.15, -0.1) is 0 Å². The molecule has 1 unspecified atom stereocenters. The SMILES string of the molecule is O=C1NC(=O)C(CC(=O)N2CCC(c3ccc(-c4ccccc4)cc3)CC2)(C2CCNCC2)N1. The van der Waals surface area contributed by atoms with E-state index in [4.69, 9.17) is 0 Å². The minimum atomic E-state index is -1.12. The van der Waals surface area contributed by atoms with Crippen LogP contribution in [0.3, 0.4) is 0 Å². The van der Waals surface area contributed by atoms with Gasteiger partial charge in [0.25, 0.3) is 5.91 Å². The number of piperidine rings is 2. The number of nitrogens with one attached hydrogen (secondary N) is 3. The molecule has 0 aliphatic carbocycles. The Morgan fingerprint density at radius 2 is 1.53 bits per heavy atom. The third-order valence-corrected chi connectivity index (χ3v) is 7.77. The molecule has 3 saturated heterocycles. The maximum Gasteiger partial charge on any atom is 0.322 e. The summed E-state index contributed by atoms with van der Waals surface area (Å²) in [5, 5.41) is 8.50. The summed E-state index contributed by atoms with van der Waals surface area (Å²) in [6, 6.07) is 18.6. The van der Waals surface area contributed by atoms with Crippen molar-refractivity contribution in [2.24, 2.45) is 5.92 Å². The van der Waals surface area contributed by atoms with Crippen molar-refractivity contribution in [1.82, 2.24) is 20.9 Å². The van der Waals surface area contributed by atoms with Crippen LogP contribution in [0.4, 0.5) is 4.79 Å². The number of hydrogen-bond acceptors (Lipinski definition) is 4. The van der Waals surface area contributed by atoms with E-state index in [-0.39, 0.29) is 24.2 Å². The summed E-state index contributed by atoms with van der Waals surface area (Å²) in [6.07, 6.45) is 3.36. The first-order chi connectivity index (χ1) is 16.5. The standard InChI is InChI=1S/C27H32N4O3/c32-24(18-27(23-10-14-28-15-11-23)25(33)29-26(34)30-27)31-16-12-22(13-17-31)21-8-6-20(7-9-21)19-4-2-1-3-5-19/h1-9,22-23,28H,10-18H2,(H2,29,30,33,34). The van der Waals surface area contributed by atoms with Gasteiger partial charge in [0.2, 0.25) is 5.91 Å². The molecule has 0 saturated carbocycles. The van der Waals surface area contributed by atoms with Crippen LogP contribution in [-0.4, -0.2) is 54.5 Å². The van der Waals surface area contributed by atoms with Crippen molar-refractivity contribution in [3.8, 4) is 11.1 Å². The molecule has 1 atom stereocenters. The molecule has 4 amide bonds. The van der Waals surface area contributed by atoms with Crippen molar-refractivity contribution in [3.63, 3.8) is 0 Å². The fraction of sp³-hybridized carbons (Fsp3) is 0.444. The van der Waals surface area contributed by atoms with Crippen molar-refractivity contribution in [1.29, 1.82) is 0 Å². The van der Waals surface area contributed by atoms with Gasteiger partial charge in [-0.3, -0.25) is 14.9 Å². The Hall–Kier alpha value is -3.19. The summed E-state index contributed by atoms with van der Waals surface area (Å²) >= 11 is 0. The largest absolute Gasteiger partial charge is 0.343 e. The molecule has 3 fully saturated rings. The Morgan fingerprint density at radius 1 is 0.882 bits per heavy atom. The highest BCUT2D eigenvalue weighted by Crippen LogP contribution is 2.34. The summed E-state index contributed by atoms with van der Waals surface area (Å²) in [7, 11) is 0. The van der Waals surface area contributed by atoms with Crippen LogP contribution in [0.2, 0.25) is 0 Å². The van der Waals surface area contributed by atoms with Crippen molar-refractivity contribution in [3.05, 3.63) is 60.2 Å². The van der Waals surface area contributed by atoms with Gasteiger partial charge in [0.1, 0.15) is 5.54 Å². The fourth-order valence-electron chi connectivity index (χ4n) is 5.77. The van der Waals surface area contributed by atoms with E-state index in [1.165, 1.54) is 16.7 Å². The number of amides is 4. The summed E-state index contributed by atoms with van der Waals surface area (Å²) in [5.41, 5.74) is 2.60. The van der Waals surface area contributed by atoms with Crippen LogP contribution in [0.15, 0.2) is 54.6 Å². The molecule has 0 bridgehead atoms. The van der Waals surface area contributed by atoms with Crippen molar-refractivity contribution in [2.45, 2.75) is 43.6 Å². The number of carbonyl (C=O) groups excluding carboxylic acids is 3. The van der Waals surface area contributed by atoms with Gasteiger partial charge in [0.05, 0.1) is 6.42 Å². The highest BCUT2D eigenvalue weighted by Gasteiger charge is 2.53. The number of rotatable bonds is 5. The lowest BCUT2D eigenvalue weighted by molar-refractivity contribution is -0.139. The minimum absolute atomic E-state index is 0.0334. The zero-order valence-electron chi connectivity index (χ0n) is 19.4. The number of likely N-dealkylation sites (tertiary alicyclic amines) is 1. The highest BCUT2D eigenvalue weighted by molar-refractivity contribution is 6.09. The molecule has 2 aromatic rings. The maximum absolute atomic E-state index is 13.3. The molecule has 0 radical (unpaired) electrons. The third-order valence-electron chi connectivity index (χ3n) is 7.77. The lowest BCUT2D eigenvalue weighted by Gasteiger charge is -2.39. The molecule has 3 aliphatic rings. The van der Waals surface area contributed by atoms with E-state index in [0.29, 0.717) is 19.0 Å². The van der Waals surface area contributed by atoms with Crippen LogP contribution in [0.5, 0.6) is 0 Å². The van der Waals surface area contributed by atoms with Crippen LogP contribution < -0.4 is 16.0 Å². The topological polar surface area (TPSA) is 90.5 Å². The van der Waals surface area contributed by atoms with E-state index in [1.54, 1.807) is 0 Å². The average Bonchev–Trinajstić information content (AvgIpc) is 3.18. The minimum Gasteiger partial charge on any atom is -0.343 e. The van der Waals surface area contributed by atoms with Crippen LogP contribution in [0.1, 0.15) is 43.6 Å². The Morgan fingerprint density at radius 3 is 2.15 bits per heavy atom. The average molecular weight is 461 g/mol. The second-order valence-corrected chi connectivity index (χ2v) is 9.72. The van der Waals surface area contributed by atoms with Crippen LogP contribution >= 0.6 is 0 Å². The van der Waals surface area contributed by atoms with Gasteiger partial charge in [-0.25, -0.2) is 4.79 Å². The normalized spacial score (nSPS) is 24.1. The van der Waals surface area contributed by atoms with Gasteiger partial charge in [0, 0.05) is 13.1 Å². The first kappa shape index (κ1) is 22.6. The number of benzene rings is 2. The maximum atomic E-state index is 13.3. The molecule has 0 aromatic heterocycles. The molecule has 3 N–H and O–H groups in total. The Bertz CT molecular complexity index is 1040. The van der Waals surface area contributed by atoms with Crippen molar-refractivity contribution in [2.75, 3.05) is 26.2 Å². The van der Waals surface area contributed by atoms with Crippen molar-refractivity contribution >= 4 is 17.8 Å². The number of urea groups is 1. The first-order valence-corrected chi connectivity index (χ1v) is 12.3. The molecule has 0 spiro atoms. The van der Waals surface area contributed by atoms with Crippen LogP contribution in [0.25, 0.3) is 11.1 Å². The first-order valence-electron chi connectivity index (χ1n) is 12.3. The summed E-state index contributed by atoms with van der Waals surface area (Å²) in [4.78, 5) is 40.0. The lowest BCUT2D eigenvalue weighted by Crippen LogP contribution is -2.58. The fourth-order valence-corrected chi connectivity index (χ4v) is 5.77. The molecule has 34 heavy (non-hydrogen) atoms. The molecule has 5 rings (SSSR count). The highest BCUT2D eigenvalue weighted by atomic mass is 16.2. The van der Waals surface area contributed by atoms with E-state index in [0.717, 1.165) is 38.8 Å². The monoisotopic (exact) mass is 460 g/mol. The van der Waals surface area contributed by atoms with E-state index >= 15 is 0 Å². The molecule has 3 aliphatic heterocycles. The lowest BCUT2D eigenvalue weighted by atomic mass is 9.75. The Kier molecular flexibility index (Phi) is 6.37. The molecular formula is C27H32N4O3. The number of imide groups is 1. The van der Waals surface area contributed by atoms with Gasteiger partial charge in [-0.05, 0) is 67.3 Å². The summed E-state index contributed by atoms with van der Waals surface area (Å²) < 4.78 is 0. The molecule has 7 nitrogen and oxygen atoms in total. The summed E-state index contributed by atoms with van der Waals surface area (Å²) in [6.45, 7) is 2.92. The number of nitrogens with zero attached hydrogens (tertiary/aromatic N) is 1. The van der Waals surface area contributed by atoms with E-state index in [9.17, 15) is 14.4 Å². The van der Waals surface area contributed by atoms with Gasteiger partial charge in [-0.1, -0.05) is 54.6 Å². The molecule has 3 heterocycles. The quantitative estimate of drug-likeness (QED) is 0.599. The third kappa shape index (κ3) is 4.44. The van der Waals surface area contributed by atoms with Gasteiger partial charge < -0.3 is 15.5 Å². The van der Waals surface area contributed by atoms with E-state index in [1.807, 2.05) is 23.1 Å². The second-order valence-electron chi connectivity index (χ2n) is 9.72. The molecular weight excluding hydrogens is 428 g/mol. The number of hydrogen-bond donors (Lipinski definition) is 3. The zero-order valence-corrected chi connectivity index (χ0v) is 19.4. The Balaban J connectivity index is 1.21. The van der Waals surface area contributed by atoms with Gasteiger partial charge in [0.15, 0.2) is 0 Å². The van der Waals surface area contributed by atoms with E-state index in [2.05, 4.69) is 52.3 Å².